The molecule has 0 radical (unpaired) electrons. The van der Waals surface area contributed by atoms with Crippen molar-refractivity contribution in [3.8, 4) is 0 Å². The van der Waals surface area contributed by atoms with Gasteiger partial charge in [0.05, 0.1) is 18.9 Å². The van der Waals surface area contributed by atoms with Gasteiger partial charge in [0.1, 0.15) is 0 Å². The second kappa shape index (κ2) is 5.57. The van der Waals surface area contributed by atoms with Gasteiger partial charge in [-0.1, -0.05) is 6.07 Å². The number of pyridine rings is 1. The minimum Gasteiger partial charge on any atom is -0.347 e. The van der Waals surface area contributed by atoms with E-state index < -0.39 is 0 Å². The second-order valence-corrected chi connectivity index (χ2v) is 5.61. The van der Waals surface area contributed by atoms with Gasteiger partial charge in [-0.2, -0.15) is 0 Å². The molecule has 0 saturated carbocycles. The predicted octanol–water partition coefficient (Wildman–Crippen LogP) is 2.06. The number of nitrogens with zero attached hydrogens (tertiary/aromatic N) is 2. The quantitative estimate of drug-likeness (QED) is 0.835. The zero-order valence-electron chi connectivity index (χ0n) is 11.5. The van der Waals surface area contributed by atoms with E-state index in [0.29, 0.717) is 5.92 Å². The van der Waals surface area contributed by atoms with Crippen LogP contribution >= 0.6 is 0 Å². The normalized spacial score (nSPS) is 27.5. The summed E-state index contributed by atoms with van der Waals surface area (Å²) in [5, 5.41) is 0. The number of likely N-dealkylation sites (tertiary alicyclic amines) is 1. The molecule has 2 fully saturated rings. The van der Waals surface area contributed by atoms with Gasteiger partial charge in [0.15, 0.2) is 5.79 Å². The molecule has 1 atom stereocenters. The van der Waals surface area contributed by atoms with E-state index in [1.807, 2.05) is 18.3 Å². The zero-order chi connectivity index (χ0) is 13.1. The van der Waals surface area contributed by atoms with Crippen LogP contribution in [0, 0.1) is 5.92 Å². The lowest BCUT2D eigenvalue weighted by Crippen LogP contribution is -2.46. The first kappa shape index (κ1) is 13.0. The molecular formula is C15H22N2O2. The highest BCUT2D eigenvalue weighted by Gasteiger charge is 2.41. The van der Waals surface area contributed by atoms with Crippen LogP contribution in [0.4, 0.5) is 0 Å². The van der Waals surface area contributed by atoms with E-state index >= 15 is 0 Å². The molecule has 2 aliphatic heterocycles. The molecule has 0 aliphatic carbocycles. The minimum absolute atomic E-state index is 0.372. The standard InChI is InChI=1S/C15H22N2O2/c1-15(18-9-10-19-15)13-5-4-8-17(11-13)12-14-6-2-3-7-16-14/h2-3,6-7,13H,4-5,8-12H2,1H3. The lowest BCUT2D eigenvalue weighted by atomic mass is 9.90. The van der Waals surface area contributed by atoms with Crippen molar-refractivity contribution < 1.29 is 9.47 Å². The highest BCUT2D eigenvalue weighted by atomic mass is 16.7. The van der Waals surface area contributed by atoms with Gasteiger partial charge < -0.3 is 9.47 Å². The summed E-state index contributed by atoms with van der Waals surface area (Å²) in [5.41, 5.74) is 1.14. The van der Waals surface area contributed by atoms with Crippen molar-refractivity contribution in [1.29, 1.82) is 0 Å². The molecule has 0 aromatic carbocycles. The Labute approximate surface area is 114 Å². The lowest BCUT2D eigenvalue weighted by molar-refractivity contribution is -0.192. The third-order valence-electron chi connectivity index (χ3n) is 4.22. The van der Waals surface area contributed by atoms with E-state index in [4.69, 9.17) is 9.47 Å². The SMILES string of the molecule is CC1(C2CCCN(Cc3ccccn3)C2)OCCO1. The highest BCUT2D eigenvalue weighted by molar-refractivity contribution is 5.03. The van der Waals surface area contributed by atoms with Crippen molar-refractivity contribution in [2.45, 2.75) is 32.1 Å². The fraction of sp³-hybridized carbons (Fsp3) is 0.667. The average Bonchev–Trinajstić information content (AvgIpc) is 2.89. The average molecular weight is 262 g/mol. The fourth-order valence-corrected chi connectivity index (χ4v) is 3.11. The van der Waals surface area contributed by atoms with Gasteiger partial charge in [0.2, 0.25) is 0 Å². The number of rotatable bonds is 3. The Bertz CT molecular complexity index is 404. The molecule has 3 heterocycles. The Morgan fingerprint density at radius 1 is 1.37 bits per heavy atom. The molecular weight excluding hydrogens is 240 g/mol. The van der Waals surface area contributed by atoms with Crippen molar-refractivity contribution in [2.24, 2.45) is 5.92 Å². The Morgan fingerprint density at radius 2 is 2.21 bits per heavy atom. The molecule has 4 heteroatoms. The van der Waals surface area contributed by atoms with Gasteiger partial charge in [-0.3, -0.25) is 9.88 Å². The van der Waals surface area contributed by atoms with Gasteiger partial charge >= 0.3 is 0 Å². The van der Waals surface area contributed by atoms with E-state index in [-0.39, 0.29) is 5.79 Å². The summed E-state index contributed by atoms with van der Waals surface area (Å²) in [4.78, 5) is 6.87. The summed E-state index contributed by atoms with van der Waals surface area (Å²) < 4.78 is 11.6. The highest BCUT2D eigenvalue weighted by Crippen LogP contribution is 2.34. The van der Waals surface area contributed by atoms with Crippen LogP contribution in [0.5, 0.6) is 0 Å². The largest absolute Gasteiger partial charge is 0.347 e. The van der Waals surface area contributed by atoms with E-state index in [0.717, 1.165) is 38.5 Å². The van der Waals surface area contributed by atoms with Gasteiger partial charge in [-0.25, -0.2) is 0 Å². The number of hydrogen-bond donors (Lipinski definition) is 0. The summed E-state index contributed by atoms with van der Waals surface area (Å²) in [6.45, 7) is 6.65. The topological polar surface area (TPSA) is 34.6 Å². The van der Waals surface area contributed by atoms with Crippen LogP contribution in [0.3, 0.4) is 0 Å². The van der Waals surface area contributed by atoms with E-state index in [9.17, 15) is 0 Å². The lowest BCUT2D eigenvalue weighted by Gasteiger charge is -2.39. The predicted molar refractivity (Wildman–Crippen MR) is 72.5 cm³/mol. The third kappa shape index (κ3) is 2.96. The summed E-state index contributed by atoms with van der Waals surface area (Å²) in [6, 6.07) is 6.10. The van der Waals surface area contributed by atoms with Crippen molar-refractivity contribution in [2.75, 3.05) is 26.3 Å². The molecule has 4 nitrogen and oxygen atoms in total. The molecule has 2 saturated heterocycles. The molecule has 3 rings (SSSR count). The molecule has 19 heavy (non-hydrogen) atoms. The number of ether oxygens (including phenoxy) is 2. The number of piperidine rings is 1. The van der Waals surface area contributed by atoms with Crippen LogP contribution in [-0.4, -0.2) is 42.0 Å². The van der Waals surface area contributed by atoms with Crippen LogP contribution in [0.25, 0.3) is 0 Å². The molecule has 2 aliphatic rings. The molecule has 0 bridgehead atoms. The second-order valence-electron chi connectivity index (χ2n) is 5.61. The van der Waals surface area contributed by atoms with Crippen molar-refractivity contribution in [1.82, 2.24) is 9.88 Å². The maximum atomic E-state index is 5.81. The van der Waals surface area contributed by atoms with Crippen molar-refractivity contribution in [3.63, 3.8) is 0 Å². The smallest absolute Gasteiger partial charge is 0.169 e. The van der Waals surface area contributed by atoms with Gasteiger partial charge in [-0.05, 0) is 38.4 Å². The third-order valence-corrected chi connectivity index (χ3v) is 4.22. The van der Waals surface area contributed by atoms with Crippen LogP contribution in [0.2, 0.25) is 0 Å². The van der Waals surface area contributed by atoms with Gasteiger partial charge in [0, 0.05) is 25.2 Å². The monoisotopic (exact) mass is 262 g/mol. The Kier molecular flexibility index (Phi) is 3.82. The van der Waals surface area contributed by atoms with Crippen LogP contribution in [-0.2, 0) is 16.0 Å². The number of aromatic nitrogens is 1. The summed E-state index contributed by atoms with van der Waals surface area (Å²) in [5.74, 6) is 0.0930. The summed E-state index contributed by atoms with van der Waals surface area (Å²) >= 11 is 0. The first-order valence-corrected chi connectivity index (χ1v) is 7.16. The Balaban J connectivity index is 1.62. The van der Waals surface area contributed by atoms with Gasteiger partial charge in [-0.15, -0.1) is 0 Å². The molecule has 1 aromatic heterocycles. The van der Waals surface area contributed by atoms with Gasteiger partial charge in [0.25, 0.3) is 0 Å². The Hall–Kier alpha value is -0.970. The summed E-state index contributed by atoms with van der Waals surface area (Å²) in [7, 11) is 0. The minimum atomic E-state index is -0.372. The molecule has 1 aromatic rings. The fourth-order valence-electron chi connectivity index (χ4n) is 3.11. The zero-order valence-corrected chi connectivity index (χ0v) is 11.5. The van der Waals surface area contributed by atoms with Crippen LogP contribution in [0.1, 0.15) is 25.5 Å². The van der Waals surface area contributed by atoms with Crippen LogP contribution in [0.15, 0.2) is 24.4 Å². The molecule has 0 spiro atoms. The number of hydrogen-bond acceptors (Lipinski definition) is 4. The molecule has 0 N–H and O–H groups in total. The molecule has 104 valence electrons. The summed E-state index contributed by atoms with van der Waals surface area (Å²) in [6.07, 6.45) is 4.26. The van der Waals surface area contributed by atoms with E-state index in [2.05, 4.69) is 22.9 Å². The van der Waals surface area contributed by atoms with E-state index in [1.165, 1.54) is 12.8 Å². The molecule has 1 unspecified atom stereocenters. The van der Waals surface area contributed by atoms with E-state index in [1.54, 1.807) is 0 Å². The Morgan fingerprint density at radius 3 is 2.95 bits per heavy atom. The maximum absolute atomic E-state index is 5.81. The first-order chi connectivity index (χ1) is 9.26. The van der Waals surface area contributed by atoms with Crippen molar-refractivity contribution in [3.05, 3.63) is 30.1 Å². The maximum Gasteiger partial charge on any atom is 0.169 e. The molecule has 0 amide bonds. The van der Waals surface area contributed by atoms with Crippen LogP contribution < -0.4 is 0 Å². The van der Waals surface area contributed by atoms with Crippen molar-refractivity contribution >= 4 is 0 Å². The first-order valence-electron chi connectivity index (χ1n) is 7.16.